The minimum atomic E-state index is -0.296. The van der Waals surface area contributed by atoms with Crippen molar-refractivity contribution in [3.05, 3.63) is 131 Å². The molecule has 5 aliphatic rings. The minimum absolute atomic E-state index is 0.0823. The molecule has 5 heterocycles. The number of hydrazone groups is 1. The molecule has 16 nitrogen and oxygen atoms in total. The number of hydrogen-bond donors (Lipinski definition) is 1. The summed E-state index contributed by atoms with van der Waals surface area (Å²) in [5.41, 5.74) is 10.4. The Hall–Kier alpha value is -8.14. The second-order valence-corrected chi connectivity index (χ2v) is 17.9. The molecule has 0 saturated heterocycles. The number of benzene rings is 4. The summed E-state index contributed by atoms with van der Waals surface area (Å²) < 4.78 is 23.4. The first-order chi connectivity index (χ1) is 34.6. The number of aryl methyl sites for hydroxylation is 1. The summed E-state index contributed by atoms with van der Waals surface area (Å²) in [7, 11) is 3.19. The third-order valence-corrected chi connectivity index (χ3v) is 13.1. The van der Waals surface area contributed by atoms with E-state index in [9.17, 15) is 24.0 Å². The van der Waals surface area contributed by atoms with Crippen molar-refractivity contribution >= 4 is 70.7 Å². The average Bonchev–Trinajstić information content (AvgIpc) is 4.07. The zero-order valence-corrected chi connectivity index (χ0v) is 40.0. The second kappa shape index (κ2) is 21.7. The van der Waals surface area contributed by atoms with Gasteiger partial charge >= 0.3 is 0 Å². The van der Waals surface area contributed by atoms with Crippen molar-refractivity contribution < 1.29 is 42.9 Å². The van der Waals surface area contributed by atoms with Crippen molar-refractivity contribution in [1.29, 1.82) is 0 Å². The molecule has 0 spiro atoms. The summed E-state index contributed by atoms with van der Waals surface area (Å²) >= 11 is 0. The Labute approximate surface area is 412 Å². The fourth-order valence-electron chi connectivity index (χ4n) is 9.11. The molecule has 0 unspecified atom stereocenters. The first-order valence-electron chi connectivity index (χ1n) is 23.9. The van der Waals surface area contributed by atoms with Gasteiger partial charge in [0.05, 0.1) is 68.2 Å². The number of hydrogen-bond acceptors (Lipinski definition) is 12. The Morgan fingerprint density at radius 2 is 1.24 bits per heavy atom. The molecule has 0 aliphatic carbocycles. The van der Waals surface area contributed by atoms with E-state index in [1.165, 1.54) is 17.1 Å². The van der Waals surface area contributed by atoms with Crippen LogP contribution in [0.3, 0.4) is 0 Å². The van der Waals surface area contributed by atoms with Crippen LogP contribution in [0.1, 0.15) is 101 Å². The number of fused-ring (bicyclic) bond motifs is 4. The van der Waals surface area contributed by atoms with E-state index < -0.39 is 0 Å². The number of aliphatic imine (C=N–C) groups is 2. The number of unbranched alkanes of at least 4 members (excludes halogenated alkanes) is 4. The van der Waals surface area contributed by atoms with Crippen molar-refractivity contribution in [3.63, 3.8) is 0 Å². The molecule has 1 N–H and O–H groups in total. The van der Waals surface area contributed by atoms with Gasteiger partial charge in [-0.1, -0.05) is 42.8 Å². The molecule has 4 aromatic carbocycles. The summed E-state index contributed by atoms with van der Waals surface area (Å²) in [6.07, 6.45) is 17.5. The fraction of sp³-hybridized carbons (Fsp3) is 0.309. The van der Waals surface area contributed by atoms with E-state index in [-0.39, 0.29) is 48.0 Å². The number of imide groups is 1. The van der Waals surface area contributed by atoms with Crippen LogP contribution in [0.4, 0.5) is 11.4 Å². The lowest BCUT2D eigenvalue weighted by atomic mass is 10.0. The minimum Gasteiger partial charge on any atom is -0.497 e. The van der Waals surface area contributed by atoms with E-state index in [4.69, 9.17) is 28.9 Å². The van der Waals surface area contributed by atoms with Crippen molar-refractivity contribution in [3.8, 4) is 23.0 Å². The van der Waals surface area contributed by atoms with Gasteiger partial charge in [-0.05, 0) is 96.7 Å². The number of carbonyl (C=O) groups is 5. The summed E-state index contributed by atoms with van der Waals surface area (Å²) in [5, 5.41) is 4.09. The Kier molecular flexibility index (Phi) is 14.6. The van der Waals surface area contributed by atoms with Gasteiger partial charge in [0.15, 0.2) is 11.5 Å². The van der Waals surface area contributed by atoms with Gasteiger partial charge in [-0.3, -0.25) is 38.9 Å². The van der Waals surface area contributed by atoms with Crippen LogP contribution in [-0.4, -0.2) is 109 Å². The molecule has 0 saturated carbocycles. The van der Waals surface area contributed by atoms with Crippen molar-refractivity contribution in [2.24, 2.45) is 15.1 Å². The van der Waals surface area contributed by atoms with Gasteiger partial charge in [-0.2, -0.15) is 5.10 Å². The van der Waals surface area contributed by atoms with Crippen LogP contribution in [0.2, 0.25) is 0 Å². The number of amides is 5. The topological polar surface area (TPSA) is 181 Å². The van der Waals surface area contributed by atoms with Crippen LogP contribution in [0.15, 0.2) is 112 Å². The number of nitrogens with one attached hydrogen (secondary N) is 1. The first kappa shape index (κ1) is 47.9. The average molecular weight is 958 g/mol. The fourth-order valence-corrected chi connectivity index (χ4v) is 9.11. The highest BCUT2D eigenvalue weighted by Gasteiger charge is 2.35. The number of carbonyl (C=O) groups excluding carboxylic acids is 5. The van der Waals surface area contributed by atoms with E-state index in [1.54, 1.807) is 48.6 Å². The largest absolute Gasteiger partial charge is 0.497 e. The van der Waals surface area contributed by atoms with Crippen LogP contribution < -0.4 is 24.4 Å². The van der Waals surface area contributed by atoms with E-state index in [0.717, 1.165) is 58.4 Å². The Morgan fingerprint density at radius 1 is 0.676 bits per heavy atom. The molecule has 5 amide bonds. The SMILES string of the molecule is COc1ccc(C2=CN3C(=O)c4cc(C)c(OCCCCCOc5cc6c(cc5OC)C(=O)N5C=C(c7ccc(/C=N/NC(=O)CCCCCN8C(=O)C=CC8=O)cc7)C[C@H]5C=N6)cc4N=C[C@@H]3C2)cc1. The lowest BCUT2D eigenvalue weighted by molar-refractivity contribution is -0.137. The van der Waals surface area contributed by atoms with E-state index in [1.807, 2.05) is 86.2 Å². The summed E-state index contributed by atoms with van der Waals surface area (Å²) in [5.74, 6) is 1.37. The molecule has 71 heavy (non-hydrogen) atoms. The maximum absolute atomic E-state index is 14.0. The highest BCUT2D eigenvalue weighted by molar-refractivity contribution is 6.13. The Morgan fingerprint density at radius 3 is 1.85 bits per heavy atom. The number of rotatable bonds is 20. The molecular formula is C55H55N7O9. The molecule has 364 valence electrons. The number of ether oxygens (including phenoxy) is 4. The van der Waals surface area contributed by atoms with Gasteiger partial charge in [-0.15, -0.1) is 0 Å². The standard InChI is InChI=1S/C55H55N7O9/c1-35-24-44-46(56-31-41-26-40(34-61(41)54(44)66)38-15-17-43(68-2)18-16-38)28-48(35)70-22-8-5-9-23-71-50-29-47-45(27-49(50)69-3)55(67)62-33-39(25-42(62)32-57-47)37-13-11-36(12-14-37)30-58-59-51(63)10-6-4-7-21-60-52(64)19-20-53(60)65/h11-20,24,27-34,41-42H,4-10,21-23,25-26H2,1-3H3,(H,59,63)/b58-30+/t41-,42-/m0/s1. The number of nitrogens with zero attached hydrogens (tertiary/aromatic N) is 6. The van der Waals surface area contributed by atoms with Gasteiger partial charge in [0, 0.05) is 74.9 Å². The van der Waals surface area contributed by atoms with E-state index in [2.05, 4.69) is 10.5 Å². The highest BCUT2D eigenvalue weighted by Crippen LogP contribution is 2.41. The molecule has 0 radical (unpaired) electrons. The van der Waals surface area contributed by atoms with Crippen molar-refractivity contribution in [2.45, 2.75) is 76.8 Å². The molecule has 4 aromatic rings. The first-order valence-corrected chi connectivity index (χ1v) is 23.9. The molecule has 16 heteroatoms. The van der Waals surface area contributed by atoms with Crippen molar-refractivity contribution in [1.82, 2.24) is 20.1 Å². The third-order valence-electron chi connectivity index (χ3n) is 13.1. The molecular weight excluding hydrogens is 903 g/mol. The van der Waals surface area contributed by atoms with E-state index >= 15 is 0 Å². The lowest BCUT2D eigenvalue weighted by Gasteiger charge is -2.19. The van der Waals surface area contributed by atoms with Gasteiger partial charge in [0.25, 0.3) is 23.6 Å². The molecule has 0 bridgehead atoms. The van der Waals surface area contributed by atoms with Crippen LogP contribution in [-0.2, 0) is 14.4 Å². The summed E-state index contributed by atoms with van der Waals surface area (Å²) in [4.78, 5) is 77.4. The normalized spacial score (nSPS) is 17.7. The van der Waals surface area contributed by atoms with Crippen molar-refractivity contribution in [2.75, 3.05) is 34.0 Å². The zero-order valence-electron chi connectivity index (χ0n) is 40.0. The van der Waals surface area contributed by atoms with Crippen LogP contribution in [0.25, 0.3) is 11.1 Å². The van der Waals surface area contributed by atoms with Crippen LogP contribution in [0.5, 0.6) is 23.0 Å². The van der Waals surface area contributed by atoms with Gasteiger partial charge < -0.3 is 28.7 Å². The number of methoxy groups -OCH3 is 2. The smallest absolute Gasteiger partial charge is 0.260 e. The summed E-state index contributed by atoms with van der Waals surface area (Å²) in [6, 6.07) is 22.3. The molecule has 2 atom stereocenters. The van der Waals surface area contributed by atoms with Gasteiger partial charge in [-0.25, -0.2) is 5.43 Å². The summed E-state index contributed by atoms with van der Waals surface area (Å²) in [6.45, 7) is 3.22. The highest BCUT2D eigenvalue weighted by atomic mass is 16.5. The van der Waals surface area contributed by atoms with Crippen LogP contribution in [0, 0.1) is 6.92 Å². The Bertz CT molecular complexity index is 2900. The molecule has 9 rings (SSSR count). The maximum Gasteiger partial charge on any atom is 0.260 e. The predicted octanol–water partition coefficient (Wildman–Crippen LogP) is 8.52. The molecule has 5 aliphatic heterocycles. The quantitative estimate of drug-likeness (QED) is 0.0393. The molecule has 0 fully saturated rings. The zero-order chi connectivity index (χ0) is 49.4. The van der Waals surface area contributed by atoms with Gasteiger partial charge in [0.2, 0.25) is 5.91 Å². The van der Waals surface area contributed by atoms with Crippen LogP contribution >= 0.6 is 0 Å². The predicted molar refractivity (Wildman–Crippen MR) is 270 cm³/mol. The molecule has 0 aromatic heterocycles. The third kappa shape index (κ3) is 10.9. The Balaban J connectivity index is 0.713. The van der Waals surface area contributed by atoms with E-state index in [0.29, 0.717) is 91.6 Å². The van der Waals surface area contributed by atoms with Gasteiger partial charge in [0.1, 0.15) is 11.5 Å². The monoisotopic (exact) mass is 957 g/mol. The second-order valence-electron chi connectivity index (χ2n) is 17.9. The lowest BCUT2D eigenvalue weighted by Crippen LogP contribution is -2.32. The maximum atomic E-state index is 14.0.